The minimum absolute atomic E-state index is 0.109. The Balaban J connectivity index is 2.08. The summed E-state index contributed by atoms with van der Waals surface area (Å²) >= 11 is 0. The monoisotopic (exact) mass is 284 g/mol. The van der Waals surface area contributed by atoms with Crippen LogP contribution in [0.1, 0.15) is 16.8 Å². The van der Waals surface area contributed by atoms with Crippen molar-refractivity contribution in [2.45, 2.75) is 6.42 Å². The quantitative estimate of drug-likeness (QED) is 0.822. The second-order valence-corrected chi connectivity index (χ2v) is 5.03. The summed E-state index contributed by atoms with van der Waals surface area (Å²) in [5.41, 5.74) is 1.88. The summed E-state index contributed by atoms with van der Waals surface area (Å²) in [6.45, 7) is 1.59. The van der Waals surface area contributed by atoms with Crippen LogP contribution in [-0.2, 0) is 0 Å². The van der Waals surface area contributed by atoms with Crippen LogP contribution in [0.4, 0.5) is 0 Å². The predicted molar refractivity (Wildman–Crippen MR) is 83.0 cm³/mol. The predicted octanol–water partition coefficient (Wildman–Crippen LogP) is 1.83. The van der Waals surface area contributed by atoms with Crippen LogP contribution in [0.15, 0.2) is 42.7 Å². The van der Waals surface area contributed by atoms with Gasteiger partial charge in [-0.15, -0.1) is 0 Å². The van der Waals surface area contributed by atoms with Gasteiger partial charge in [0.25, 0.3) is 5.91 Å². The lowest BCUT2D eigenvalue weighted by Crippen LogP contribution is -2.27. The van der Waals surface area contributed by atoms with Crippen molar-refractivity contribution in [3.8, 4) is 11.4 Å². The van der Waals surface area contributed by atoms with Gasteiger partial charge in [0.15, 0.2) is 0 Å². The van der Waals surface area contributed by atoms with Crippen molar-refractivity contribution in [3.63, 3.8) is 0 Å². The highest BCUT2D eigenvalue weighted by atomic mass is 16.1. The molecule has 0 aliphatic rings. The van der Waals surface area contributed by atoms with Crippen molar-refractivity contribution < 1.29 is 4.79 Å². The molecule has 2 aromatic heterocycles. The van der Waals surface area contributed by atoms with E-state index in [-0.39, 0.29) is 5.91 Å². The summed E-state index contributed by atoms with van der Waals surface area (Å²) in [4.78, 5) is 22.9. The van der Waals surface area contributed by atoms with E-state index in [1.165, 1.54) is 0 Å². The number of rotatable bonds is 6. The van der Waals surface area contributed by atoms with Gasteiger partial charge >= 0.3 is 0 Å². The second kappa shape index (κ2) is 7.50. The van der Waals surface area contributed by atoms with Crippen molar-refractivity contribution >= 4 is 5.91 Å². The summed E-state index contributed by atoms with van der Waals surface area (Å²) in [6.07, 6.45) is 4.29. The summed E-state index contributed by atoms with van der Waals surface area (Å²) in [5, 5.41) is 2.93. The van der Waals surface area contributed by atoms with E-state index in [0.29, 0.717) is 23.5 Å². The van der Waals surface area contributed by atoms with Crippen LogP contribution in [0, 0.1) is 0 Å². The van der Waals surface area contributed by atoms with Gasteiger partial charge in [0, 0.05) is 18.9 Å². The normalized spacial score (nSPS) is 10.6. The molecular formula is C16H20N4O. The second-order valence-electron chi connectivity index (χ2n) is 5.03. The average molecular weight is 284 g/mol. The maximum absolute atomic E-state index is 12.3. The Morgan fingerprint density at radius 3 is 2.67 bits per heavy atom. The largest absolute Gasteiger partial charge is 0.352 e. The Bertz CT molecular complexity index is 584. The molecule has 1 N–H and O–H groups in total. The van der Waals surface area contributed by atoms with Crippen LogP contribution in [-0.4, -0.2) is 48.0 Å². The Kier molecular flexibility index (Phi) is 5.40. The summed E-state index contributed by atoms with van der Waals surface area (Å²) in [5.74, 6) is -0.109. The van der Waals surface area contributed by atoms with Crippen LogP contribution in [0.5, 0.6) is 0 Å². The van der Waals surface area contributed by atoms with Crippen molar-refractivity contribution in [1.82, 2.24) is 20.2 Å². The van der Waals surface area contributed by atoms with Gasteiger partial charge in [-0.2, -0.15) is 0 Å². The fourth-order valence-corrected chi connectivity index (χ4v) is 1.99. The molecule has 2 rings (SSSR count). The van der Waals surface area contributed by atoms with E-state index in [4.69, 9.17) is 0 Å². The van der Waals surface area contributed by atoms with Gasteiger partial charge < -0.3 is 10.2 Å². The number of hydrogen-bond acceptors (Lipinski definition) is 4. The third-order valence-corrected chi connectivity index (χ3v) is 3.03. The highest BCUT2D eigenvalue weighted by Crippen LogP contribution is 2.18. The van der Waals surface area contributed by atoms with Crippen LogP contribution >= 0.6 is 0 Å². The number of amides is 1. The molecule has 0 aromatic carbocycles. The van der Waals surface area contributed by atoms with E-state index in [1.54, 1.807) is 24.5 Å². The van der Waals surface area contributed by atoms with Gasteiger partial charge in [0.1, 0.15) is 5.69 Å². The zero-order valence-corrected chi connectivity index (χ0v) is 12.4. The smallest absolute Gasteiger partial charge is 0.253 e. The minimum Gasteiger partial charge on any atom is -0.352 e. The van der Waals surface area contributed by atoms with Crippen LogP contribution < -0.4 is 5.32 Å². The van der Waals surface area contributed by atoms with Crippen molar-refractivity contribution in [3.05, 3.63) is 48.3 Å². The molecule has 0 spiro atoms. The first-order valence-electron chi connectivity index (χ1n) is 6.98. The highest BCUT2D eigenvalue weighted by molar-refractivity contribution is 5.99. The van der Waals surface area contributed by atoms with Gasteiger partial charge in [0.05, 0.1) is 11.3 Å². The molecule has 0 bridgehead atoms. The van der Waals surface area contributed by atoms with E-state index in [1.807, 2.05) is 32.3 Å². The Labute approximate surface area is 125 Å². The molecule has 1 amide bonds. The number of carbonyl (C=O) groups excluding carboxylic acids is 1. The Morgan fingerprint density at radius 2 is 1.95 bits per heavy atom. The lowest BCUT2D eigenvalue weighted by molar-refractivity contribution is 0.0952. The zero-order chi connectivity index (χ0) is 15.1. The Hall–Kier alpha value is -2.27. The topological polar surface area (TPSA) is 58.1 Å². The first-order valence-corrected chi connectivity index (χ1v) is 6.98. The number of nitrogens with one attached hydrogen (secondary N) is 1. The SMILES string of the molecule is CN(C)CCCNC(=O)c1cccnc1-c1ccccn1. The van der Waals surface area contributed by atoms with Crippen molar-refractivity contribution in [2.75, 3.05) is 27.2 Å². The molecule has 2 aromatic rings. The molecular weight excluding hydrogens is 264 g/mol. The Morgan fingerprint density at radius 1 is 1.14 bits per heavy atom. The molecule has 5 heteroatoms. The standard InChI is InChI=1S/C16H20N4O/c1-20(2)12-6-11-19-16(21)13-7-5-10-18-15(13)14-8-3-4-9-17-14/h3-5,7-10H,6,11-12H2,1-2H3,(H,19,21). The molecule has 0 saturated heterocycles. The number of aromatic nitrogens is 2. The molecule has 0 saturated carbocycles. The van der Waals surface area contributed by atoms with Gasteiger partial charge in [-0.3, -0.25) is 14.8 Å². The lowest BCUT2D eigenvalue weighted by atomic mass is 10.1. The lowest BCUT2D eigenvalue weighted by Gasteiger charge is -2.11. The fourth-order valence-electron chi connectivity index (χ4n) is 1.99. The summed E-state index contributed by atoms with van der Waals surface area (Å²) in [6, 6.07) is 9.12. The molecule has 21 heavy (non-hydrogen) atoms. The van der Waals surface area contributed by atoms with Gasteiger partial charge in [-0.1, -0.05) is 6.07 Å². The molecule has 5 nitrogen and oxygen atoms in total. The van der Waals surface area contributed by atoms with E-state index in [2.05, 4.69) is 20.2 Å². The third-order valence-electron chi connectivity index (χ3n) is 3.03. The summed E-state index contributed by atoms with van der Waals surface area (Å²) in [7, 11) is 4.03. The van der Waals surface area contributed by atoms with E-state index in [0.717, 1.165) is 13.0 Å². The van der Waals surface area contributed by atoms with E-state index >= 15 is 0 Å². The molecule has 0 radical (unpaired) electrons. The van der Waals surface area contributed by atoms with Crippen LogP contribution in [0.2, 0.25) is 0 Å². The maximum Gasteiger partial charge on any atom is 0.253 e. The number of carbonyl (C=O) groups is 1. The van der Waals surface area contributed by atoms with Crippen molar-refractivity contribution in [2.24, 2.45) is 0 Å². The number of nitrogens with zero attached hydrogens (tertiary/aromatic N) is 3. The van der Waals surface area contributed by atoms with Gasteiger partial charge in [0.2, 0.25) is 0 Å². The van der Waals surface area contributed by atoms with Crippen LogP contribution in [0.25, 0.3) is 11.4 Å². The molecule has 2 heterocycles. The molecule has 0 atom stereocenters. The van der Waals surface area contributed by atoms with E-state index in [9.17, 15) is 4.79 Å². The fraction of sp³-hybridized carbons (Fsp3) is 0.312. The average Bonchev–Trinajstić information content (AvgIpc) is 2.52. The minimum atomic E-state index is -0.109. The zero-order valence-electron chi connectivity index (χ0n) is 12.4. The maximum atomic E-state index is 12.3. The van der Waals surface area contributed by atoms with Gasteiger partial charge in [-0.25, -0.2) is 0 Å². The first-order chi connectivity index (χ1) is 10.2. The number of pyridine rings is 2. The molecule has 0 aliphatic heterocycles. The van der Waals surface area contributed by atoms with Crippen LogP contribution in [0.3, 0.4) is 0 Å². The molecule has 0 fully saturated rings. The molecule has 0 unspecified atom stereocenters. The molecule has 110 valence electrons. The number of hydrogen-bond donors (Lipinski definition) is 1. The van der Waals surface area contributed by atoms with Gasteiger partial charge in [-0.05, 0) is 51.3 Å². The highest BCUT2D eigenvalue weighted by Gasteiger charge is 2.13. The van der Waals surface area contributed by atoms with Crippen molar-refractivity contribution in [1.29, 1.82) is 0 Å². The first kappa shape index (κ1) is 15.1. The third kappa shape index (κ3) is 4.36. The van der Waals surface area contributed by atoms with E-state index < -0.39 is 0 Å². The summed E-state index contributed by atoms with van der Waals surface area (Å²) < 4.78 is 0. The molecule has 0 aliphatic carbocycles.